The molecule has 0 amide bonds. The quantitative estimate of drug-likeness (QED) is 0.708. The molecule has 0 aromatic heterocycles. The molecule has 2 heteroatoms. The summed E-state index contributed by atoms with van der Waals surface area (Å²) in [5.74, 6) is 0.258. The number of rotatable bonds is 3. The van der Waals surface area contributed by atoms with Crippen LogP contribution in [0.25, 0.3) is 0 Å². The van der Waals surface area contributed by atoms with E-state index in [1.165, 1.54) is 0 Å². The van der Waals surface area contributed by atoms with E-state index in [9.17, 15) is 4.39 Å². The first-order valence-electron chi connectivity index (χ1n) is 3.67. The van der Waals surface area contributed by atoms with Crippen molar-refractivity contribution in [2.45, 2.75) is 12.8 Å². The highest BCUT2D eigenvalue weighted by atomic mass is 19.1. The van der Waals surface area contributed by atoms with Crippen molar-refractivity contribution in [3.8, 4) is 5.75 Å². The van der Waals surface area contributed by atoms with E-state index in [1.54, 1.807) is 12.1 Å². The monoisotopic (exact) mass is 154 g/mol. The van der Waals surface area contributed by atoms with Crippen LogP contribution in [-0.4, -0.2) is 11.8 Å². The normalized spacial score (nSPS) is 9.91. The van der Waals surface area contributed by atoms with Crippen LogP contribution in [0.5, 0.6) is 5.75 Å². The van der Waals surface area contributed by atoms with E-state index >= 15 is 0 Å². The van der Waals surface area contributed by atoms with Crippen molar-refractivity contribution >= 4 is 0 Å². The Morgan fingerprint density at radius 3 is 2.36 bits per heavy atom. The third-order valence-corrected chi connectivity index (χ3v) is 1.54. The third kappa shape index (κ3) is 2.58. The average molecular weight is 154 g/mol. The summed E-state index contributed by atoms with van der Waals surface area (Å²) in [6.45, 7) is -0.277. The van der Waals surface area contributed by atoms with Gasteiger partial charge in [0.25, 0.3) is 0 Å². The molecule has 1 aromatic rings. The zero-order valence-electron chi connectivity index (χ0n) is 6.26. The summed E-state index contributed by atoms with van der Waals surface area (Å²) in [7, 11) is 0. The highest BCUT2D eigenvalue weighted by molar-refractivity contribution is 5.25. The first-order valence-corrected chi connectivity index (χ1v) is 3.67. The van der Waals surface area contributed by atoms with Crippen molar-refractivity contribution in [1.29, 1.82) is 0 Å². The summed E-state index contributed by atoms with van der Waals surface area (Å²) in [4.78, 5) is 0. The van der Waals surface area contributed by atoms with Gasteiger partial charge in [-0.2, -0.15) is 0 Å². The zero-order valence-corrected chi connectivity index (χ0v) is 6.26. The van der Waals surface area contributed by atoms with Gasteiger partial charge in [-0.3, -0.25) is 4.39 Å². The number of aryl methyl sites for hydroxylation is 1. The van der Waals surface area contributed by atoms with Gasteiger partial charge in [0.05, 0.1) is 6.67 Å². The fourth-order valence-corrected chi connectivity index (χ4v) is 0.934. The molecule has 0 aliphatic carbocycles. The summed E-state index contributed by atoms with van der Waals surface area (Å²) in [6, 6.07) is 6.86. The summed E-state index contributed by atoms with van der Waals surface area (Å²) in [6.07, 6.45) is 1.31. The van der Waals surface area contributed by atoms with Crippen LogP contribution < -0.4 is 0 Å². The molecule has 1 rings (SSSR count). The Balaban J connectivity index is 2.52. The van der Waals surface area contributed by atoms with Crippen LogP contribution in [0.1, 0.15) is 12.0 Å². The number of hydrogen-bond donors (Lipinski definition) is 1. The molecule has 1 N–H and O–H groups in total. The van der Waals surface area contributed by atoms with Gasteiger partial charge in [-0.15, -0.1) is 0 Å². The van der Waals surface area contributed by atoms with Crippen molar-refractivity contribution in [3.05, 3.63) is 29.8 Å². The Hall–Kier alpha value is -1.05. The van der Waals surface area contributed by atoms with Crippen LogP contribution >= 0.6 is 0 Å². The molecule has 0 radical (unpaired) electrons. The van der Waals surface area contributed by atoms with E-state index < -0.39 is 0 Å². The lowest BCUT2D eigenvalue weighted by Crippen LogP contribution is -1.85. The molecular weight excluding hydrogens is 143 g/mol. The Labute approximate surface area is 65.5 Å². The van der Waals surface area contributed by atoms with E-state index in [0.29, 0.717) is 6.42 Å². The first kappa shape index (κ1) is 8.05. The summed E-state index contributed by atoms with van der Waals surface area (Å²) in [5.41, 5.74) is 1.07. The van der Waals surface area contributed by atoms with Gasteiger partial charge in [-0.25, -0.2) is 0 Å². The van der Waals surface area contributed by atoms with E-state index in [1.807, 2.05) is 12.1 Å². The van der Waals surface area contributed by atoms with Gasteiger partial charge < -0.3 is 5.11 Å². The Morgan fingerprint density at radius 1 is 1.18 bits per heavy atom. The van der Waals surface area contributed by atoms with Gasteiger partial charge in [0, 0.05) is 0 Å². The maximum absolute atomic E-state index is 11.7. The molecule has 0 fully saturated rings. The SMILES string of the molecule is Oc1ccc(CCCF)cc1. The van der Waals surface area contributed by atoms with Crippen LogP contribution in [-0.2, 0) is 6.42 Å². The molecule has 0 saturated heterocycles. The summed E-state index contributed by atoms with van der Waals surface area (Å²) < 4.78 is 11.7. The number of phenolic OH excluding ortho intramolecular Hbond substituents is 1. The van der Waals surface area contributed by atoms with Crippen molar-refractivity contribution < 1.29 is 9.50 Å². The Bertz CT molecular complexity index is 205. The molecule has 1 aromatic carbocycles. The second-order valence-corrected chi connectivity index (χ2v) is 2.46. The standard InChI is InChI=1S/C9H11FO/c10-7-1-2-8-3-5-9(11)6-4-8/h3-6,11H,1-2,7H2. The molecule has 0 atom stereocenters. The largest absolute Gasteiger partial charge is 0.508 e. The van der Waals surface area contributed by atoms with Crippen LogP contribution in [0.3, 0.4) is 0 Å². The van der Waals surface area contributed by atoms with Crippen LogP contribution in [0.2, 0.25) is 0 Å². The Kier molecular flexibility index (Phi) is 2.90. The maximum atomic E-state index is 11.7. The maximum Gasteiger partial charge on any atom is 0.115 e. The predicted molar refractivity (Wildman–Crippen MR) is 42.4 cm³/mol. The molecule has 0 bridgehead atoms. The van der Waals surface area contributed by atoms with Crippen LogP contribution in [0, 0.1) is 0 Å². The highest BCUT2D eigenvalue weighted by Crippen LogP contribution is 2.10. The van der Waals surface area contributed by atoms with Gasteiger partial charge in [-0.1, -0.05) is 12.1 Å². The minimum atomic E-state index is -0.277. The number of hydrogen-bond acceptors (Lipinski definition) is 1. The zero-order chi connectivity index (χ0) is 8.10. The summed E-state index contributed by atoms with van der Waals surface area (Å²) in [5, 5.41) is 8.91. The van der Waals surface area contributed by atoms with Crippen LogP contribution in [0.15, 0.2) is 24.3 Å². The van der Waals surface area contributed by atoms with E-state index in [0.717, 1.165) is 12.0 Å². The second kappa shape index (κ2) is 3.96. The molecule has 11 heavy (non-hydrogen) atoms. The molecule has 0 heterocycles. The van der Waals surface area contributed by atoms with E-state index in [2.05, 4.69) is 0 Å². The second-order valence-electron chi connectivity index (χ2n) is 2.46. The van der Waals surface area contributed by atoms with E-state index in [4.69, 9.17) is 5.11 Å². The molecule has 0 saturated carbocycles. The first-order chi connectivity index (χ1) is 5.33. The molecule has 0 aliphatic rings. The molecule has 0 aliphatic heterocycles. The lowest BCUT2D eigenvalue weighted by molar-refractivity contribution is 0.470. The topological polar surface area (TPSA) is 20.2 Å². The lowest BCUT2D eigenvalue weighted by Gasteiger charge is -1.97. The highest BCUT2D eigenvalue weighted by Gasteiger charge is 1.92. The molecular formula is C9H11FO. The minimum Gasteiger partial charge on any atom is -0.508 e. The predicted octanol–water partition coefficient (Wildman–Crippen LogP) is 2.29. The minimum absolute atomic E-state index is 0.258. The van der Waals surface area contributed by atoms with E-state index in [-0.39, 0.29) is 12.4 Å². The van der Waals surface area contributed by atoms with Crippen molar-refractivity contribution in [3.63, 3.8) is 0 Å². The van der Waals surface area contributed by atoms with Gasteiger partial charge in [-0.05, 0) is 30.5 Å². The molecule has 0 unspecified atom stereocenters. The van der Waals surface area contributed by atoms with Crippen molar-refractivity contribution in [2.24, 2.45) is 0 Å². The molecule has 60 valence electrons. The van der Waals surface area contributed by atoms with Crippen LogP contribution in [0.4, 0.5) is 4.39 Å². The lowest BCUT2D eigenvalue weighted by atomic mass is 10.1. The Morgan fingerprint density at radius 2 is 1.82 bits per heavy atom. The number of aromatic hydroxyl groups is 1. The number of benzene rings is 1. The number of halogens is 1. The molecule has 0 spiro atoms. The number of phenols is 1. The average Bonchev–Trinajstić information content (AvgIpc) is 2.04. The number of alkyl halides is 1. The van der Waals surface area contributed by atoms with Crippen molar-refractivity contribution in [2.75, 3.05) is 6.67 Å². The van der Waals surface area contributed by atoms with Crippen molar-refractivity contribution in [1.82, 2.24) is 0 Å². The summed E-state index contributed by atoms with van der Waals surface area (Å²) >= 11 is 0. The van der Waals surface area contributed by atoms with Gasteiger partial charge in [0.1, 0.15) is 5.75 Å². The third-order valence-electron chi connectivity index (χ3n) is 1.54. The smallest absolute Gasteiger partial charge is 0.115 e. The fraction of sp³-hybridized carbons (Fsp3) is 0.333. The fourth-order valence-electron chi connectivity index (χ4n) is 0.934. The van der Waals surface area contributed by atoms with Gasteiger partial charge >= 0.3 is 0 Å². The van der Waals surface area contributed by atoms with Gasteiger partial charge in [0.2, 0.25) is 0 Å². The van der Waals surface area contributed by atoms with Gasteiger partial charge in [0.15, 0.2) is 0 Å². The molecule has 1 nitrogen and oxygen atoms in total.